The summed E-state index contributed by atoms with van der Waals surface area (Å²) in [7, 11) is 0. The van der Waals surface area contributed by atoms with Crippen LogP contribution in [-0.2, 0) is 4.79 Å². The summed E-state index contributed by atoms with van der Waals surface area (Å²) in [5.41, 5.74) is 2.90. The third-order valence-corrected chi connectivity index (χ3v) is 7.53. The molecule has 0 aliphatic carbocycles. The molecule has 1 saturated heterocycles. The van der Waals surface area contributed by atoms with Gasteiger partial charge in [-0.15, -0.1) is 23.1 Å². The van der Waals surface area contributed by atoms with Crippen LogP contribution in [0.25, 0.3) is 11.1 Å². The van der Waals surface area contributed by atoms with Gasteiger partial charge in [-0.3, -0.25) is 14.4 Å². The van der Waals surface area contributed by atoms with Crippen molar-refractivity contribution in [1.82, 2.24) is 10.2 Å². The van der Waals surface area contributed by atoms with Gasteiger partial charge in [-0.1, -0.05) is 24.3 Å². The molecule has 2 aliphatic heterocycles. The Morgan fingerprint density at radius 1 is 1.12 bits per heavy atom. The SMILES string of the molecule is CSc1ccc(-c2ccc3c(c2)C(=O)N2CC[C@H](NC(=O)c4cccs4)[C@H]2C(=O)N3)cc1. The van der Waals surface area contributed by atoms with E-state index in [1.807, 2.05) is 54.1 Å². The Morgan fingerprint density at radius 2 is 1.91 bits per heavy atom. The summed E-state index contributed by atoms with van der Waals surface area (Å²) in [6.07, 6.45) is 2.56. The van der Waals surface area contributed by atoms with Gasteiger partial charge in [0.2, 0.25) is 5.91 Å². The third-order valence-electron chi connectivity index (χ3n) is 5.92. The lowest BCUT2D eigenvalue weighted by Gasteiger charge is -2.24. The number of fused-ring (bicyclic) bond motifs is 2. The van der Waals surface area contributed by atoms with Crippen molar-refractivity contribution in [2.45, 2.75) is 23.4 Å². The van der Waals surface area contributed by atoms with Crippen molar-refractivity contribution >= 4 is 46.5 Å². The minimum absolute atomic E-state index is 0.196. The van der Waals surface area contributed by atoms with Crippen LogP contribution in [0, 0.1) is 0 Å². The molecule has 2 N–H and O–H groups in total. The Kier molecular flexibility index (Phi) is 5.48. The van der Waals surface area contributed by atoms with Gasteiger partial charge in [0.15, 0.2) is 0 Å². The standard InChI is InChI=1S/C24H21N3O3S2/c1-31-16-7-4-14(5-8-16)15-6-9-18-17(13-15)24(30)27-11-10-19(21(27)23(29)25-18)26-22(28)20-3-2-12-32-20/h2-9,12-13,19,21H,10-11H2,1H3,(H,25,29)(H,26,28)/t19-,21-/m0/s1. The number of amides is 3. The molecule has 8 heteroatoms. The molecular formula is C24H21N3O3S2. The normalized spacial score (nSPS) is 19.7. The van der Waals surface area contributed by atoms with E-state index >= 15 is 0 Å². The molecule has 2 aromatic carbocycles. The predicted octanol–water partition coefficient (Wildman–Crippen LogP) is 4.10. The highest BCUT2D eigenvalue weighted by atomic mass is 32.2. The van der Waals surface area contributed by atoms with Crippen LogP contribution in [-0.4, -0.2) is 47.5 Å². The molecular weight excluding hydrogens is 442 g/mol. The number of benzene rings is 2. The van der Waals surface area contributed by atoms with Gasteiger partial charge in [-0.2, -0.15) is 0 Å². The van der Waals surface area contributed by atoms with E-state index in [1.54, 1.807) is 28.8 Å². The van der Waals surface area contributed by atoms with E-state index in [0.29, 0.717) is 29.1 Å². The number of hydrogen-bond acceptors (Lipinski definition) is 5. The Morgan fingerprint density at radius 3 is 2.62 bits per heavy atom. The Bertz CT molecular complexity index is 1190. The number of nitrogens with one attached hydrogen (secondary N) is 2. The van der Waals surface area contributed by atoms with Crippen molar-refractivity contribution in [2.75, 3.05) is 18.1 Å². The Hall–Kier alpha value is -3.10. The van der Waals surface area contributed by atoms with E-state index in [2.05, 4.69) is 10.6 Å². The first-order valence-electron chi connectivity index (χ1n) is 10.3. The van der Waals surface area contributed by atoms with Crippen molar-refractivity contribution < 1.29 is 14.4 Å². The van der Waals surface area contributed by atoms with E-state index in [9.17, 15) is 14.4 Å². The molecule has 2 aliphatic rings. The summed E-state index contributed by atoms with van der Waals surface area (Å²) in [6, 6.07) is 16.1. The fourth-order valence-corrected chi connectivity index (χ4v) is 5.33. The number of carbonyl (C=O) groups excluding carboxylic acids is 3. The highest BCUT2D eigenvalue weighted by Crippen LogP contribution is 2.33. The van der Waals surface area contributed by atoms with Crippen molar-refractivity contribution in [3.05, 3.63) is 70.4 Å². The van der Waals surface area contributed by atoms with Gasteiger partial charge in [0.1, 0.15) is 6.04 Å². The quantitative estimate of drug-likeness (QED) is 0.571. The smallest absolute Gasteiger partial charge is 0.261 e. The average molecular weight is 464 g/mol. The van der Waals surface area contributed by atoms with Gasteiger partial charge in [-0.25, -0.2) is 0 Å². The van der Waals surface area contributed by atoms with Crippen molar-refractivity contribution in [3.8, 4) is 11.1 Å². The molecule has 3 amide bonds. The first-order chi connectivity index (χ1) is 15.5. The lowest BCUT2D eigenvalue weighted by molar-refractivity contribution is -0.120. The number of carbonyl (C=O) groups is 3. The zero-order valence-corrected chi connectivity index (χ0v) is 19.0. The topological polar surface area (TPSA) is 78.5 Å². The van der Waals surface area contributed by atoms with E-state index in [1.165, 1.54) is 16.2 Å². The van der Waals surface area contributed by atoms with Crippen molar-refractivity contribution in [3.63, 3.8) is 0 Å². The van der Waals surface area contributed by atoms with E-state index in [-0.39, 0.29) is 17.7 Å². The van der Waals surface area contributed by atoms with Crippen LogP contribution in [0.1, 0.15) is 26.5 Å². The molecule has 0 unspecified atom stereocenters. The monoisotopic (exact) mass is 463 g/mol. The van der Waals surface area contributed by atoms with Crippen LogP contribution < -0.4 is 10.6 Å². The largest absolute Gasteiger partial charge is 0.346 e. The molecule has 3 aromatic rings. The maximum absolute atomic E-state index is 13.4. The Labute approximate surface area is 194 Å². The van der Waals surface area contributed by atoms with Crippen molar-refractivity contribution in [1.29, 1.82) is 0 Å². The summed E-state index contributed by atoms with van der Waals surface area (Å²) in [5, 5.41) is 7.69. The van der Waals surface area contributed by atoms with E-state index < -0.39 is 12.1 Å². The minimum atomic E-state index is -0.733. The zero-order valence-electron chi connectivity index (χ0n) is 17.3. The average Bonchev–Trinajstić information content (AvgIpc) is 3.47. The second-order valence-corrected chi connectivity index (χ2v) is 9.59. The molecule has 162 valence electrons. The van der Waals surface area contributed by atoms with Gasteiger partial charge in [0.05, 0.1) is 22.2 Å². The highest BCUT2D eigenvalue weighted by Gasteiger charge is 2.45. The second-order valence-electron chi connectivity index (χ2n) is 7.77. The van der Waals surface area contributed by atoms with E-state index in [0.717, 1.165) is 11.1 Å². The number of anilines is 1. The molecule has 0 radical (unpaired) electrons. The lowest BCUT2D eigenvalue weighted by Crippen LogP contribution is -2.51. The van der Waals surface area contributed by atoms with Gasteiger partial charge in [0.25, 0.3) is 11.8 Å². The van der Waals surface area contributed by atoms with E-state index in [4.69, 9.17) is 0 Å². The van der Waals surface area contributed by atoms with Crippen LogP contribution in [0.3, 0.4) is 0 Å². The zero-order chi connectivity index (χ0) is 22.2. The van der Waals surface area contributed by atoms with Gasteiger partial charge in [0, 0.05) is 11.4 Å². The van der Waals surface area contributed by atoms with Gasteiger partial charge < -0.3 is 15.5 Å². The summed E-state index contributed by atoms with van der Waals surface area (Å²) in [4.78, 5) is 42.4. The number of thioether (sulfide) groups is 1. The molecule has 1 aromatic heterocycles. The molecule has 5 rings (SSSR count). The molecule has 32 heavy (non-hydrogen) atoms. The lowest BCUT2D eigenvalue weighted by atomic mass is 10.0. The molecule has 0 spiro atoms. The summed E-state index contributed by atoms with van der Waals surface area (Å²) in [6.45, 7) is 0.415. The van der Waals surface area contributed by atoms with Crippen LogP contribution in [0.15, 0.2) is 64.9 Å². The maximum Gasteiger partial charge on any atom is 0.261 e. The number of hydrogen-bond donors (Lipinski definition) is 2. The van der Waals surface area contributed by atoms with Gasteiger partial charge in [-0.05, 0) is 59.5 Å². The van der Waals surface area contributed by atoms with Crippen LogP contribution in [0.5, 0.6) is 0 Å². The summed E-state index contributed by atoms with van der Waals surface area (Å²) < 4.78 is 0. The molecule has 2 atom stereocenters. The minimum Gasteiger partial charge on any atom is -0.346 e. The van der Waals surface area contributed by atoms with Crippen molar-refractivity contribution in [2.24, 2.45) is 0 Å². The highest BCUT2D eigenvalue weighted by molar-refractivity contribution is 7.98. The Balaban J connectivity index is 1.42. The third kappa shape index (κ3) is 3.69. The number of thiophene rings is 1. The maximum atomic E-state index is 13.4. The predicted molar refractivity (Wildman–Crippen MR) is 127 cm³/mol. The molecule has 6 nitrogen and oxygen atoms in total. The molecule has 3 heterocycles. The molecule has 0 saturated carbocycles. The fraction of sp³-hybridized carbons (Fsp3) is 0.208. The van der Waals surface area contributed by atoms with Crippen LogP contribution in [0.4, 0.5) is 5.69 Å². The van der Waals surface area contributed by atoms with Gasteiger partial charge >= 0.3 is 0 Å². The second kappa shape index (κ2) is 8.44. The number of rotatable bonds is 4. The first-order valence-corrected chi connectivity index (χ1v) is 12.4. The molecule has 0 bridgehead atoms. The summed E-state index contributed by atoms with van der Waals surface area (Å²) >= 11 is 3.02. The van der Waals surface area contributed by atoms with Crippen LogP contribution in [0.2, 0.25) is 0 Å². The molecule has 1 fully saturated rings. The number of nitrogens with zero attached hydrogens (tertiary/aromatic N) is 1. The summed E-state index contributed by atoms with van der Waals surface area (Å²) in [5.74, 6) is -0.688. The first kappa shape index (κ1) is 20.8. The van der Waals surface area contributed by atoms with Crippen LogP contribution >= 0.6 is 23.1 Å². The fourth-order valence-electron chi connectivity index (χ4n) is 4.30.